The molecule has 0 amide bonds. The number of aromatic nitrogens is 4. The highest BCUT2D eigenvalue weighted by Gasteiger charge is 2.18. The molecule has 9 nitrogen and oxygen atoms in total. The average molecular weight is 497 g/mol. The van der Waals surface area contributed by atoms with E-state index in [4.69, 9.17) is 15.5 Å². The van der Waals surface area contributed by atoms with Crippen molar-refractivity contribution in [1.82, 2.24) is 24.2 Å². The van der Waals surface area contributed by atoms with Gasteiger partial charge in [0.1, 0.15) is 17.9 Å². The Labute approximate surface area is 205 Å². The number of hydrogen-bond acceptors (Lipinski definition) is 7. The van der Waals surface area contributed by atoms with Gasteiger partial charge in [0.05, 0.1) is 16.8 Å². The van der Waals surface area contributed by atoms with Gasteiger partial charge in [-0.3, -0.25) is 4.98 Å². The summed E-state index contributed by atoms with van der Waals surface area (Å²) in [5.74, 6) is 1.31. The number of pyridine rings is 2. The van der Waals surface area contributed by atoms with Gasteiger partial charge in [-0.1, -0.05) is 25.1 Å². The summed E-state index contributed by atoms with van der Waals surface area (Å²) in [6.07, 6.45) is 5.65. The van der Waals surface area contributed by atoms with E-state index in [2.05, 4.69) is 25.3 Å². The number of nitrogens with zero attached hydrogens (tertiary/aromatic N) is 4. The van der Waals surface area contributed by atoms with Crippen LogP contribution >= 0.6 is 0 Å². The molecule has 1 aromatic carbocycles. The molecule has 0 radical (unpaired) electrons. The summed E-state index contributed by atoms with van der Waals surface area (Å²) in [7, 11) is -3.20. The third-order valence-corrected chi connectivity index (χ3v) is 7.41. The van der Waals surface area contributed by atoms with Crippen LogP contribution in [0.5, 0.6) is 0 Å². The molecule has 4 aromatic rings. The highest BCUT2D eigenvalue weighted by atomic mass is 32.2. The number of anilines is 1. The zero-order valence-electron chi connectivity index (χ0n) is 20.2. The van der Waals surface area contributed by atoms with E-state index in [0.29, 0.717) is 50.5 Å². The first-order chi connectivity index (χ1) is 16.9. The molecule has 35 heavy (non-hydrogen) atoms. The van der Waals surface area contributed by atoms with Crippen LogP contribution in [-0.2, 0) is 27.9 Å². The number of aryl methyl sites for hydroxylation is 1. The van der Waals surface area contributed by atoms with Crippen molar-refractivity contribution >= 4 is 37.8 Å². The maximum atomic E-state index is 11.9. The van der Waals surface area contributed by atoms with Crippen LogP contribution in [-0.4, -0.2) is 46.8 Å². The molecule has 3 heterocycles. The Bertz CT molecular complexity index is 1400. The molecule has 0 aliphatic heterocycles. The van der Waals surface area contributed by atoms with Crippen molar-refractivity contribution in [1.29, 1.82) is 0 Å². The van der Waals surface area contributed by atoms with Crippen LogP contribution in [0.2, 0.25) is 0 Å². The number of hydrogen-bond donors (Lipinski definition) is 2. The molecule has 0 atom stereocenters. The van der Waals surface area contributed by atoms with E-state index in [1.165, 1.54) is 0 Å². The number of benzene rings is 1. The van der Waals surface area contributed by atoms with Crippen molar-refractivity contribution in [2.75, 3.05) is 24.6 Å². The quantitative estimate of drug-likeness (QED) is 0.285. The monoisotopic (exact) mass is 496 g/mol. The number of fused-ring (bicyclic) bond motifs is 3. The van der Waals surface area contributed by atoms with Gasteiger partial charge < -0.3 is 15.0 Å². The number of nitrogen functional groups attached to an aromatic ring is 1. The molecule has 3 N–H and O–H groups in total. The predicted molar refractivity (Wildman–Crippen MR) is 139 cm³/mol. The Balaban J connectivity index is 1.67. The Morgan fingerprint density at radius 3 is 2.71 bits per heavy atom. The molecule has 3 aromatic heterocycles. The molecule has 186 valence electrons. The molecule has 0 unspecified atom stereocenters. The topological polar surface area (TPSA) is 125 Å². The second-order valence-electron chi connectivity index (χ2n) is 8.41. The average Bonchev–Trinajstić information content (AvgIpc) is 3.22. The summed E-state index contributed by atoms with van der Waals surface area (Å²) in [6.45, 7) is 5.81. The highest BCUT2D eigenvalue weighted by molar-refractivity contribution is 7.89. The van der Waals surface area contributed by atoms with E-state index >= 15 is 0 Å². The van der Waals surface area contributed by atoms with Crippen molar-refractivity contribution in [2.45, 2.75) is 46.3 Å². The fourth-order valence-electron chi connectivity index (χ4n) is 4.18. The van der Waals surface area contributed by atoms with E-state index in [1.54, 1.807) is 6.20 Å². The molecule has 4 rings (SSSR count). The SMILES string of the molecule is CCCS(=O)(=O)NCCCCn1c(COCC)nc2c(N)nc3cc(-c4cccnc4)ccc3c21. The lowest BCUT2D eigenvalue weighted by Gasteiger charge is -2.12. The van der Waals surface area contributed by atoms with Gasteiger partial charge in [-0.25, -0.2) is 23.1 Å². The van der Waals surface area contributed by atoms with Crippen LogP contribution in [0.15, 0.2) is 42.7 Å². The zero-order chi connectivity index (χ0) is 24.8. The molecular formula is C25H32N6O3S. The van der Waals surface area contributed by atoms with Crippen molar-refractivity contribution in [3.8, 4) is 11.1 Å². The molecule has 0 saturated carbocycles. The van der Waals surface area contributed by atoms with Gasteiger partial charge in [-0.2, -0.15) is 0 Å². The maximum absolute atomic E-state index is 11.9. The van der Waals surface area contributed by atoms with Crippen LogP contribution in [0.1, 0.15) is 38.9 Å². The van der Waals surface area contributed by atoms with E-state index < -0.39 is 10.0 Å². The number of imidazole rings is 1. The Hall–Kier alpha value is -3.08. The van der Waals surface area contributed by atoms with Crippen molar-refractivity contribution in [3.63, 3.8) is 0 Å². The van der Waals surface area contributed by atoms with Gasteiger partial charge in [-0.05, 0) is 43.9 Å². The van der Waals surface area contributed by atoms with Crippen LogP contribution in [0.3, 0.4) is 0 Å². The van der Waals surface area contributed by atoms with Crippen molar-refractivity contribution in [2.24, 2.45) is 0 Å². The maximum Gasteiger partial charge on any atom is 0.211 e. The number of unbranched alkanes of at least 4 members (excludes halogenated alkanes) is 1. The molecule has 10 heteroatoms. The van der Waals surface area contributed by atoms with Crippen LogP contribution in [0.4, 0.5) is 5.82 Å². The number of rotatable bonds is 12. The van der Waals surface area contributed by atoms with E-state index in [0.717, 1.165) is 39.8 Å². The lowest BCUT2D eigenvalue weighted by atomic mass is 10.0. The predicted octanol–water partition coefficient (Wildman–Crippen LogP) is 3.87. The van der Waals surface area contributed by atoms with Gasteiger partial charge in [0.25, 0.3) is 0 Å². The lowest BCUT2D eigenvalue weighted by Crippen LogP contribution is -2.27. The number of sulfonamides is 1. The van der Waals surface area contributed by atoms with Crippen molar-refractivity contribution in [3.05, 3.63) is 48.5 Å². The van der Waals surface area contributed by atoms with Gasteiger partial charge >= 0.3 is 0 Å². The fraction of sp³-hybridized carbons (Fsp3) is 0.400. The second-order valence-corrected chi connectivity index (χ2v) is 10.3. The van der Waals surface area contributed by atoms with Crippen molar-refractivity contribution < 1.29 is 13.2 Å². The van der Waals surface area contributed by atoms with Crippen LogP contribution in [0, 0.1) is 0 Å². The molecule has 0 bridgehead atoms. The standard InChI is InChI=1S/C25H32N6O3S/c1-3-14-35(32,33)28-12-5-6-13-31-22(17-34-4-2)30-23-24(31)20-10-9-18(15-21(20)29-25(23)26)19-8-7-11-27-16-19/h7-11,15-16,28H,3-6,12-14,17H2,1-2H3,(H2,26,29). The van der Waals surface area contributed by atoms with Crippen LogP contribution in [0.25, 0.3) is 33.1 Å². The number of ether oxygens (including phenoxy) is 1. The Morgan fingerprint density at radius 1 is 1.11 bits per heavy atom. The Morgan fingerprint density at radius 2 is 1.97 bits per heavy atom. The van der Waals surface area contributed by atoms with Gasteiger partial charge in [0, 0.05) is 43.0 Å². The lowest BCUT2D eigenvalue weighted by molar-refractivity contribution is 0.126. The summed E-state index contributed by atoms with van der Waals surface area (Å²) >= 11 is 0. The molecule has 0 saturated heterocycles. The third kappa shape index (κ3) is 5.77. The minimum absolute atomic E-state index is 0.150. The minimum Gasteiger partial charge on any atom is -0.382 e. The normalized spacial score (nSPS) is 12.1. The summed E-state index contributed by atoms with van der Waals surface area (Å²) < 4.78 is 34.3. The molecule has 0 fully saturated rings. The second kappa shape index (κ2) is 11.1. The smallest absolute Gasteiger partial charge is 0.211 e. The number of nitrogens with two attached hydrogens (primary N) is 1. The fourth-order valence-corrected chi connectivity index (χ4v) is 5.32. The highest BCUT2D eigenvalue weighted by Crippen LogP contribution is 2.32. The molecule has 0 aliphatic rings. The molecular weight excluding hydrogens is 464 g/mol. The summed E-state index contributed by atoms with van der Waals surface area (Å²) in [6, 6.07) is 10.0. The number of nitrogens with one attached hydrogen (secondary N) is 1. The summed E-state index contributed by atoms with van der Waals surface area (Å²) in [4.78, 5) is 13.6. The van der Waals surface area contributed by atoms with Gasteiger partial charge in [0.2, 0.25) is 10.0 Å². The Kier molecular flexibility index (Phi) is 7.94. The summed E-state index contributed by atoms with van der Waals surface area (Å²) in [5, 5.41) is 0.959. The van der Waals surface area contributed by atoms with Crippen LogP contribution < -0.4 is 10.5 Å². The first-order valence-corrected chi connectivity index (χ1v) is 13.6. The van der Waals surface area contributed by atoms with Gasteiger partial charge in [0.15, 0.2) is 5.82 Å². The largest absolute Gasteiger partial charge is 0.382 e. The first-order valence-electron chi connectivity index (χ1n) is 12.0. The van der Waals surface area contributed by atoms with Gasteiger partial charge in [-0.15, -0.1) is 0 Å². The van der Waals surface area contributed by atoms with E-state index in [9.17, 15) is 8.42 Å². The zero-order valence-corrected chi connectivity index (χ0v) is 21.0. The van der Waals surface area contributed by atoms with E-state index in [1.807, 2.05) is 44.3 Å². The third-order valence-electron chi connectivity index (χ3n) is 5.82. The minimum atomic E-state index is -3.20. The first kappa shape index (κ1) is 25.0. The summed E-state index contributed by atoms with van der Waals surface area (Å²) in [5.41, 5.74) is 10.7. The molecule has 0 spiro atoms. The van der Waals surface area contributed by atoms with E-state index in [-0.39, 0.29) is 5.75 Å². The molecule has 0 aliphatic carbocycles.